The number of rotatable bonds is 10. The van der Waals surface area contributed by atoms with E-state index in [0.29, 0.717) is 30.3 Å². The third-order valence-electron chi connectivity index (χ3n) is 5.47. The molecule has 0 radical (unpaired) electrons. The summed E-state index contributed by atoms with van der Waals surface area (Å²) in [5.74, 6) is 0.0969. The largest absolute Gasteiger partial charge is 0.522 e. The molecule has 174 valence electrons. The number of hydrogen-bond donors (Lipinski definition) is 1. The smallest absolute Gasteiger partial charge is 0.425 e. The van der Waals surface area contributed by atoms with Gasteiger partial charge in [-0.3, -0.25) is 9.53 Å². The monoisotopic (exact) mass is 456 g/mol. The van der Waals surface area contributed by atoms with Crippen molar-refractivity contribution in [1.29, 1.82) is 0 Å². The molecule has 4 rings (SSSR count). The zero-order valence-electron chi connectivity index (χ0n) is 17.1. The molecule has 32 heavy (non-hydrogen) atoms. The van der Waals surface area contributed by atoms with Crippen molar-refractivity contribution in [3.05, 3.63) is 36.5 Å². The van der Waals surface area contributed by atoms with Crippen LogP contribution in [0.15, 0.2) is 29.1 Å². The minimum atomic E-state index is -4.64. The number of nitrogens with one attached hydrogen (secondary N) is 1. The number of ether oxygens (including phenoxy) is 2. The van der Waals surface area contributed by atoms with Crippen molar-refractivity contribution in [1.82, 2.24) is 30.5 Å². The first-order valence-electron chi connectivity index (χ1n) is 10.3. The lowest BCUT2D eigenvalue weighted by Crippen LogP contribution is -2.37. The molecule has 1 N–H and O–H groups in total. The molecule has 0 aromatic carbocycles. The zero-order valence-corrected chi connectivity index (χ0v) is 17.1. The third kappa shape index (κ3) is 5.91. The van der Waals surface area contributed by atoms with E-state index in [1.165, 1.54) is 0 Å². The number of alkyl halides is 3. The number of halogens is 3. The first-order chi connectivity index (χ1) is 15.2. The Balaban J connectivity index is 1.09. The number of allylic oxidation sites excluding steroid dienone is 1. The molecule has 2 aromatic heterocycles. The van der Waals surface area contributed by atoms with Crippen molar-refractivity contribution < 1.29 is 31.9 Å². The second-order valence-corrected chi connectivity index (χ2v) is 7.95. The molecular weight excluding hydrogens is 433 g/mol. The van der Waals surface area contributed by atoms with Crippen molar-refractivity contribution in [2.45, 2.75) is 69.1 Å². The Hall–Kier alpha value is -2.80. The standard InChI is InChI=1S/C19H23F3N6O4/c1-11(25-16(29)10-30-14-8-13(9-14)28-23-4-5-24-28)2-3-17-26-27-18(31-17)12-6-15(7-12)32-19(20,21)22/h4-5,12-15H,1-3,6-10H2,(H,25,29)/t12-,13-,14+,15+. The lowest BCUT2D eigenvalue weighted by Gasteiger charge is -2.33. The van der Waals surface area contributed by atoms with Crippen LogP contribution in [0.3, 0.4) is 0 Å². The molecule has 0 unspecified atom stereocenters. The van der Waals surface area contributed by atoms with Gasteiger partial charge >= 0.3 is 6.36 Å². The van der Waals surface area contributed by atoms with Crippen molar-refractivity contribution in [3.63, 3.8) is 0 Å². The van der Waals surface area contributed by atoms with Crippen LogP contribution in [0.2, 0.25) is 0 Å². The van der Waals surface area contributed by atoms with E-state index in [0.717, 1.165) is 12.8 Å². The maximum atomic E-state index is 12.2. The van der Waals surface area contributed by atoms with Crippen LogP contribution < -0.4 is 5.32 Å². The molecule has 0 atom stereocenters. The molecule has 0 aliphatic heterocycles. The second-order valence-electron chi connectivity index (χ2n) is 7.95. The summed E-state index contributed by atoms with van der Waals surface area (Å²) in [5, 5.41) is 18.6. The molecule has 2 aliphatic rings. The van der Waals surface area contributed by atoms with Crippen LogP contribution in [0.1, 0.15) is 55.8 Å². The van der Waals surface area contributed by atoms with Gasteiger partial charge in [-0.2, -0.15) is 15.0 Å². The summed E-state index contributed by atoms with van der Waals surface area (Å²) in [6.45, 7) is 3.74. The van der Waals surface area contributed by atoms with Gasteiger partial charge in [0.15, 0.2) is 0 Å². The third-order valence-corrected chi connectivity index (χ3v) is 5.47. The zero-order chi connectivity index (χ0) is 22.7. The number of aromatic nitrogens is 5. The van der Waals surface area contributed by atoms with Crippen molar-refractivity contribution in [2.24, 2.45) is 0 Å². The molecular formula is C19H23F3N6O4. The number of aryl methyl sites for hydroxylation is 1. The number of carbonyl (C=O) groups excluding carboxylic acids is 1. The fourth-order valence-corrected chi connectivity index (χ4v) is 3.61. The highest BCUT2D eigenvalue weighted by molar-refractivity contribution is 5.78. The molecule has 2 aliphatic carbocycles. The van der Waals surface area contributed by atoms with E-state index in [1.807, 2.05) is 0 Å². The van der Waals surface area contributed by atoms with Crippen LogP contribution >= 0.6 is 0 Å². The number of hydrogen-bond acceptors (Lipinski definition) is 8. The van der Waals surface area contributed by atoms with Crippen LogP contribution in [-0.2, 0) is 20.7 Å². The van der Waals surface area contributed by atoms with Gasteiger partial charge in [0.1, 0.15) is 6.61 Å². The number of amides is 1. The van der Waals surface area contributed by atoms with Gasteiger partial charge in [0, 0.05) is 18.0 Å². The lowest BCUT2D eigenvalue weighted by molar-refractivity contribution is -0.352. The highest BCUT2D eigenvalue weighted by atomic mass is 19.4. The predicted molar refractivity (Wildman–Crippen MR) is 101 cm³/mol. The van der Waals surface area contributed by atoms with Crippen LogP contribution in [0.4, 0.5) is 13.2 Å². The Kier molecular flexibility index (Phi) is 6.55. The Bertz CT molecular complexity index is 920. The fourth-order valence-electron chi connectivity index (χ4n) is 3.61. The quantitative estimate of drug-likeness (QED) is 0.579. The minimum Gasteiger partial charge on any atom is -0.425 e. The van der Waals surface area contributed by atoms with Gasteiger partial charge in [-0.1, -0.05) is 6.58 Å². The Morgan fingerprint density at radius 2 is 1.91 bits per heavy atom. The van der Waals surface area contributed by atoms with Gasteiger partial charge in [0.25, 0.3) is 0 Å². The van der Waals surface area contributed by atoms with Gasteiger partial charge < -0.3 is 14.5 Å². The van der Waals surface area contributed by atoms with E-state index in [1.54, 1.807) is 17.2 Å². The summed E-state index contributed by atoms with van der Waals surface area (Å²) in [5.41, 5.74) is 0.480. The van der Waals surface area contributed by atoms with Gasteiger partial charge in [-0.25, -0.2) is 0 Å². The average molecular weight is 456 g/mol. The topological polar surface area (TPSA) is 117 Å². The molecule has 10 nitrogen and oxygen atoms in total. The van der Waals surface area contributed by atoms with Crippen LogP contribution in [0.5, 0.6) is 0 Å². The highest BCUT2D eigenvalue weighted by Gasteiger charge is 2.42. The van der Waals surface area contributed by atoms with E-state index in [2.05, 4.69) is 37.0 Å². The Morgan fingerprint density at radius 1 is 1.19 bits per heavy atom. The van der Waals surface area contributed by atoms with Crippen LogP contribution in [-0.4, -0.2) is 56.3 Å². The SMILES string of the molecule is C=C(CCc1nnc([C@H]2C[C@@H](OC(F)(F)F)C2)o1)NC(=O)CO[C@H]1C[C@@H](n2nccn2)C1. The van der Waals surface area contributed by atoms with Gasteiger partial charge in [0.2, 0.25) is 17.7 Å². The minimum absolute atomic E-state index is 0.00513. The van der Waals surface area contributed by atoms with Gasteiger partial charge in [0.05, 0.1) is 30.6 Å². The van der Waals surface area contributed by atoms with E-state index in [-0.39, 0.29) is 43.4 Å². The summed E-state index contributed by atoms with van der Waals surface area (Å²) in [6, 6.07) is 0.204. The molecule has 13 heteroatoms. The second kappa shape index (κ2) is 9.36. The van der Waals surface area contributed by atoms with E-state index in [4.69, 9.17) is 9.15 Å². The summed E-state index contributed by atoms with van der Waals surface area (Å²) < 4.78 is 51.6. The summed E-state index contributed by atoms with van der Waals surface area (Å²) in [4.78, 5) is 13.7. The highest BCUT2D eigenvalue weighted by Crippen LogP contribution is 2.40. The van der Waals surface area contributed by atoms with Crippen LogP contribution in [0, 0.1) is 0 Å². The van der Waals surface area contributed by atoms with E-state index >= 15 is 0 Å². The van der Waals surface area contributed by atoms with E-state index < -0.39 is 12.5 Å². The predicted octanol–water partition coefficient (Wildman–Crippen LogP) is 2.43. The average Bonchev–Trinajstić information content (AvgIpc) is 3.32. The molecule has 0 spiro atoms. The molecule has 2 saturated carbocycles. The van der Waals surface area contributed by atoms with E-state index in [9.17, 15) is 18.0 Å². The summed E-state index contributed by atoms with van der Waals surface area (Å²) in [6.07, 6.45) is 0.348. The Labute approximate surface area is 181 Å². The molecule has 0 saturated heterocycles. The molecule has 2 fully saturated rings. The fraction of sp³-hybridized carbons (Fsp3) is 0.632. The van der Waals surface area contributed by atoms with Gasteiger partial charge in [-0.15, -0.1) is 23.4 Å². The normalized spacial score (nSPS) is 25.1. The Morgan fingerprint density at radius 3 is 2.59 bits per heavy atom. The number of nitrogens with zero attached hydrogens (tertiary/aromatic N) is 5. The number of carbonyl (C=O) groups is 1. The lowest BCUT2D eigenvalue weighted by atomic mass is 9.82. The summed E-state index contributed by atoms with van der Waals surface area (Å²) >= 11 is 0. The van der Waals surface area contributed by atoms with Crippen molar-refractivity contribution >= 4 is 5.91 Å². The molecule has 0 bridgehead atoms. The maximum absolute atomic E-state index is 12.2. The molecule has 2 heterocycles. The van der Waals surface area contributed by atoms with Gasteiger partial charge in [-0.05, 0) is 32.1 Å². The summed E-state index contributed by atoms with van der Waals surface area (Å²) in [7, 11) is 0. The van der Waals surface area contributed by atoms with Crippen molar-refractivity contribution in [3.8, 4) is 0 Å². The molecule has 1 amide bonds. The molecule has 2 aromatic rings. The van der Waals surface area contributed by atoms with Crippen molar-refractivity contribution in [2.75, 3.05) is 6.61 Å². The first kappa shape index (κ1) is 22.4. The maximum Gasteiger partial charge on any atom is 0.522 e. The van der Waals surface area contributed by atoms with Crippen LogP contribution in [0.25, 0.3) is 0 Å². The first-order valence-corrected chi connectivity index (χ1v) is 10.3.